The summed E-state index contributed by atoms with van der Waals surface area (Å²) in [5, 5.41) is 1.92. The van der Waals surface area contributed by atoms with Crippen molar-refractivity contribution in [2.75, 3.05) is 11.4 Å². The van der Waals surface area contributed by atoms with Crippen LogP contribution in [0, 0.1) is 0 Å². The lowest BCUT2D eigenvalue weighted by atomic mass is 10.0. The fourth-order valence-corrected chi connectivity index (χ4v) is 5.22. The normalized spacial score (nSPS) is 13.7. The topological polar surface area (TPSA) is 33.2 Å². The molecule has 0 saturated carbocycles. The molecule has 122 valence electrons. The number of rotatable bonds is 4. The van der Waals surface area contributed by atoms with Gasteiger partial charge in [0.25, 0.3) is 5.91 Å². The number of thiophene rings is 1. The number of nitrogens with zero attached hydrogens (tertiary/aromatic N) is 2. The van der Waals surface area contributed by atoms with Crippen LogP contribution in [0.5, 0.6) is 0 Å². The first-order valence-corrected chi connectivity index (χ1v) is 9.79. The molecule has 0 unspecified atom stereocenters. The maximum atomic E-state index is 13.1. The largest absolute Gasteiger partial charge is 0.279 e. The zero-order valence-corrected chi connectivity index (χ0v) is 15.0. The average molecular weight is 355 g/mol. The maximum Gasteiger partial charge on any atom is 0.270 e. The van der Waals surface area contributed by atoms with Crippen molar-refractivity contribution in [1.29, 1.82) is 0 Å². The van der Waals surface area contributed by atoms with E-state index in [2.05, 4.69) is 12.6 Å². The van der Waals surface area contributed by atoms with Crippen molar-refractivity contribution >= 4 is 43.8 Å². The molecule has 3 aromatic rings. The van der Waals surface area contributed by atoms with Crippen LogP contribution in [0.15, 0.2) is 43.0 Å². The monoisotopic (exact) mass is 354 g/mol. The number of anilines is 1. The minimum atomic E-state index is 0.0159. The molecule has 1 aliphatic carbocycles. The van der Waals surface area contributed by atoms with Crippen molar-refractivity contribution in [3.63, 3.8) is 0 Å². The predicted octanol–water partition coefficient (Wildman–Crippen LogP) is 5.07. The SMILES string of the molecule is C=CCN(C(=O)c1cc2ccccc2s1)c1nc2c(s1)CCCC2. The van der Waals surface area contributed by atoms with Crippen LogP contribution in [0.25, 0.3) is 10.1 Å². The summed E-state index contributed by atoms with van der Waals surface area (Å²) >= 11 is 3.20. The summed E-state index contributed by atoms with van der Waals surface area (Å²) in [6.07, 6.45) is 6.31. The van der Waals surface area contributed by atoms with Crippen molar-refractivity contribution in [3.8, 4) is 0 Å². The molecule has 5 heteroatoms. The molecular weight excluding hydrogens is 336 g/mol. The van der Waals surface area contributed by atoms with Crippen molar-refractivity contribution in [2.45, 2.75) is 25.7 Å². The van der Waals surface area contributed by atoms with Crippen molar-refractivity contribution in [1.82, 2.24) is 4.98 Å². The van der Waals surface area contributed by atoms with Gasteiger partial charge in [0, 0.05) is 16.1 Å². The summed E-state index contributed by atoms with van der Waals surface area (Å²) in [5.74, 6) is 0.0159. The molecule has 0 aliphatic heterocycles. The number of hydrogen-bond donors (Lipinski definition) is 0. The Hall–Kier alpha value is -1.98. The molecule has 0 fully saturated rings. The van der Waals surface area contributed by atoms with Crippen LogP contribution in [0.4, 0.5) is 5.13 Å². The van der Waals surface area contributed by atoms with E-state index in [9.17, 15) is 4.79 Å². The summed E-state index contributed by atoms with van der Waals surface area (Å²) in [4.78, 5) is 21.7. The molecule has 2 heterocycles. The average Bonchev–Trinajstić information content (AvgIpc) is 3.22. The van der Waals surface area contributed by atoms with E-state index in [0.717, 1.165) is 32.9 Å². The Labute approximate surface area is 149 Å². The van der Waals surface area contributed by atoms with Crippen LogP contribution < -0.4 is 4.90 Å². The fraction of sp³-hybridized carbons (Fsp3) is 0.263. The van der Waals surface area contributed by atoms with Gasteiger partial charge in [0.1, 0.15) is 0 Å². The van der Waals surface area contributed by atoms with Gasteiger partial charge >= 0.3 is 0 Å². The quantitative estimate of drug-likeness (QED) is 0.613. The smallest absolute Gasteiger partial charge is 0.270 e. The summed E-state index contributed by atoms with van der Waals surface area (Å²) in [7, 11) is 0. The van der Waals surface area contributed by atoms with Gasteiger partial charge in [-0.25, -0.2) is 4.98 Å². The third-order valence-corrected chi connectivity index (χ3v) is 6.54. The Morgan fingerprint density at radius 3 is 2.88 bits per heavy atom. The summed E-state index contributed by atoms with van der Waals surface area (Å²) in [6.45, 7) is 4.30. The van der Waals surface area contributed by atoms with Crippen molar-refractivity contribution in [3.05, 3.63) is 58.4 Å². The Morgan fingerprint density at radius 2 is 2.08 bits per heavy atom. The predicted molar refractivity (Wildman–Crippen MR) is 102 cm³/mol. The fourth-order valence-electron chi connectivity index (χ4n) is 3.05. The second kappa shape index (κ2) is 6.49. The van der Waals surface area contributed by atoms with Gasteiger partial charge < -0.3 is 0 Å². The third kappa shape index (κ3) is 2.78. The van der Waals surface area contributed by atoms with E-state index in [1.807, 2.05) is 24.3 Å². The van der Waals surface area contributed by atoms with Crippen LogP contribution >= 0.6 is 22.7 Å². The number of hydrogen-bond acceptors (Lipinski definition) is 4. The minimum Gasteiger partial charge on any atom is -0.279 e. The lowest BCUT2D eigenvalue weighted by Gasteiger charge is -2.16. The first-order valence-electron chi connectivity index (χ1n) is 8.16. The van der Waals surface area contributed by atoms with Gasteiger partial charge in [-0.3, -0.25) is 9.69 Å². The van der Waals surface area contributed by atoms with Gasteiger partial charge in [0.15, 0.2) is 5.13 Å². The zero-order chi connectivity index (χ0) is 16.5. The van der Waals surface area contributed by atoms with Crippen LogP contribution in [0.2, 0.25) is 0 Å². The zero-order valence-electron chi connectivity index (χ0n) is 13.3. The van der Waals surface area contributed by atoms with E-state index < -0.39 is 0 Å². The van der Waals surface area contributed by atoms with E-state index >= 15 is 0 Å². The molecule has 0 saturated heterocycles. The lowest BCUT2D eigenvalue weighted by molar-refractivity contribution is 0.0993. The number of aryl methyl sites for hydroxylation is 2. The summed E-state index contributed by atoms with van der Waals surface area (Å²) in [6, 6.07) is 10.1. The van der Waals surface area contributed by atoms with Crippen molar-refractivity contribution in [2.24, 2.45) is 0 Å². The molecule has 3 nitrogen and oxygen atoms in total. The number of carbonyl (C=O) groups is 1. The molecule has 1 amide bonds. The van der Waals surface area contributed by atoms with Crippen LogP contribution in [-0.4, -0.2) is 17.4 Å². The molecule has 0 atom stereocenters. The van der Waals surface area contributed by atoms with Gasteiger partial charge in [0.05, 0.1) is 10.6 Å². The highest BCUT2D eigenvalue weighted by Gasteiger charge is 2.24. The number of aromatic nitrogens is 1. The Kier molecular flexibility index (Phi) is 4.21. The van der Waals surface area contributed by atoms with Gasteiger partial charge in [-0.1, -0.05) is 24.3 Å². The molecule has 0 bridgehead atoms. The number of carbonyl (C=O) groups excluding carboxylic acids is 1. The number of amides is 1. The van der Waals surface area contributed by atoms with Crippen LogP contribution in [-0.2, 0) is 12.8 Å². The Morgan fingerprint density at radius 1 is 1.25 bits per heavy atom. The highest BCUT2D eigenvalue weighted by atomic mass is 32.1. The van der Waals surface area contributed by atoms with E-state index in [1.54, 1.807) is 33.6 Å². The summed E-state index contributed by atoms with van der Waals surface area (Å²) in [5.41, 5.74) is 1.18. The van der Waals surface area contributed by atoms with Crippen LogP contribution in [0.3, 0.4) is 0 Å². The molecule has 24 heavy (non-hydrogen) atoms. The molecule has 1 aromatic carbocycles. The van der Waals surface area contributed by atoms with Crippen LogP contribution in [0.1, 0.15) is 33.1 Å². The first kappa shape index (κ1) is 15.5. The maximum absolute atomic E-state index is 13.1. The van der Waals surface area contributed by atoms with E-state index in [-0.39, 0.29) is 5.91 Å². The van der Waals surface area contributed by atoms with Crippen molar-refractivity contribution < 1.29 is 4.79 Å². The molecule has 2 aromatic heterocycles. The Bertz CT molecular complexity index is 853. The highest BCUT2D eigenvalue weighted by molar-refractivity contribution is 7.21. The molecule has 0 spiro atoms. The highest BCUT2D eigenvalue weighted by Crippen LogP contribution is 2.34. The molecule has 4 rings (SSSR count). The van der Waals surface area contributed by atoms with Gasteiger partial charge in [0.2, 0.25) is 0 Å². The number of fused-ring (bicyclic) bond motifs is 2. The number of thiazole rings is 1. The van der Waals surface area contributed by atoms with Gasteiger partial charge in [-0.05, 0) is 43.2 Å². The van der Waals surface area contributed by atoms with E-state index in [0.29, 0.717) is 6.54 Å². The molecule has 0 radical (unpaired) electrons. The number of benzene rings is 1. The Balaban J connectivity index is 1.70. The second-order valence-corrected chi connectivity index (χ2v) is 8.07. The standard InChI is InChI=1S/C19H18N2OS2/c1-2-11-21(19-20-14-8-4-6-10-16(14)24-19)18(22)17-12-13-7-3-5-9-15(13)23-17/h2-3,5,7,9,12H,1,4,6,8,10-11H2. The lowest BCUT2D eigenvalue weighted by Crippen LogP contribution is -2.30. The second-order valence-electron chi connectivity index (χ2n) is 5.93. The molecule has 1 aliphatic rings. The minimum absolute atomic E-state index is 0.0159. The third-order valence-electron chi connectivity index (χ3n) is 4.26. The van der Waals surface area contributed by atoms with E-state index in [4.69, 9.17) is 4.98 Å². The molecular formula is C19H18N2OS2. The summed E-state index contributed by atoms with van der Waals surface area (Å²) < 4.78 is 1.14. The van der Waals surface area contributed by atoms with Gasteiger partial charge in [-0.2, -0.15) is 0 Å². The first-order chi connectivity index (χ1) is 11.8. The molecule has 0 N–H and O–H groups in total. The van der Waals surface area contributed by atoms with E-state index in [1.165, 1.54) is 23.4 Å². The van der Waals surface area contributed by atoms with Gasteiger partial charge in [-0.15, -0.1) is 29.3 Å².